The highest BCUT2D eigenvalue weighted by atomic mass is 16.4. The van der Waals surface area contributed by atoms with Gasteiger partial charge in [-0.3, -0.25) is 4.79 Å². The van der Waals surface area contributed by atoms with Gasteiger partial charge in [0.2, 0.25) is 0 Å². The predicted molar refractivity (Wildman–Crippen MR) is 81.8 cm³/mol. The second-order valence-electron chi connectivity index (χ2n) is 7.27. The molecule has 2 unspecified atom stereocenters. The summed E-state index contributed by atoms with van der Waals surface area (Å²) in [5.41, 5.74) is 0.701. The summed E-state index contributed by atoms with van der Waals surface area (Å²) in [5, 5.41) is 9.11. The summed E-state index contributed by atoms with van der Waals surface area (Å²) >= 11 is 0. The van der Waals surface area contributed by atoms with Gasteiger partial charge in [0.05, 0.1) is 5.56 Å². The third kappa shape index (κ3) is 2.31. The van der Waals surface area contributed by atoms with Crippen LogP contribution in [0.2, 0.25) is 0 Å². The Balaban J connectivity index is 1.62. The van der Waals surface area contributed by atoms with Gasteiger partial charge >= 0.3 is 5.97 Å². The van der Waals surface area contributed by atoms with Crippen LogP contribution in [-0.4, -0.2) is 34.5 Å². The van der Waals surface area contributed by atoms with E-state index < -0.39 is 5.97 Å². The Morgan fingerprint density at radius 2 is 1.59 bits per heavy atom. The standard InChI is InChI=1S/C18H21NO3/c20-17(14-2-1-3-15(9-14)18(21)22)19-10-13-5-11-4-12(6-13)8-16(19)7-11/h1-3,9,11-13,16H,4-8,10H2,(H,21,22). The minimum absolute atomic E-state index is 0.0151. The van der Waals surface area contributed by atoms with Crippen molar-refractivity contribution in [3.63, 3.8) is 0 Å². The van der Waals surface area contributed by atoms with Crippen molar-refractivity contribution >= 4 is 11.9 Å². The molecule has 1 amide bonds. The van der Waals surface area contributed by atoms with Gasteiger partial charge in [-0.15, -0.1) is 0 Å². The molecule has 0 spiro atoms. The fraction of sp³-hybridized carbons (Fsp3) is 0.556. The first-order valence-electron chi connectivity index (χ1n) is 8.24. The zero-order valence-electron chi connectivity index (χ0n) is 12.6. The second-order valence-corrected chi connectivity index (χ2v) is 7.27. The predicted octanol–water partition coefficient (Wildman–Crippen LogP) is 3.04. The van der Waals surface area contributed by atoms with Crippen LogP contribution >= 0.6 is 0 Å². The molecule has 2 saturated carbocycles. The molecule has 5 rings (SSSR count). The third-order valence-electron chi connectivity index (χ3n) is 5.72. The van der Waals surface area contributed by atoms with E-state index in [1.807, 2.05) is 4.90 Å². The molecule has 4 aliphatic rings. The highest BCUT2D eigenvalue weighted by Crippen LogP contribution is 2.47. The first-order valence-corrected chi connectivity index (χ1v) is 8.24. The van der Waals surface area contributed by atoms with E-state index in [1.54, 1.807) is 12.1 Å². The molecule has 2 aliphatic carbocycles. The average molecular weight is 299 g/mol. The molecule has 2 atom stereocenters. The lowest BCUT2D eigenvalue weighted by atomic mass is 9.68. The number of aromatic carboxylic acids is 1. The summed E-state index contributed by atoms with van der Waals surface area (Å²) < 4.78 is 0. The SMILES string of the molecule is O=C(O)c1cccc(C(=O)N2CC3CC4CC(C3)CC2C4)c1. The van der Waals surface area contributed by atoms with Crippen LogP contribution in [0, 0.1) is 17.8 Å². The van der Waals surface area contributed by atoms with Crippen LogP contribution in [0.1, 0.15) is 52.8 Å². The minimum Gasteiger partial charge on any atom is -0.478 e. The van der Waals surface area contributed by atoms with Gasteiger partial charge in [0.1, 0.15) is 0 Å². The van der Waals surface area contributed by atoms with Crippen LogP contribution in [0.4, 0.5) is 0 Å². The zero-order chi connectivity index (χ0) is 15.3. The van der Waals surface area contributed by atoms with Crippen molar-refractivity contribution in [1.82, 2.24) is 4.90 Å². The van der Waals surface area contributed by atoms with Crippen LogP contribution < -0.4 is 0 Å². The number of nitrogens with zero attached hydrogens (tertiary/aromatic N) is 1. The normalized spacial score (nSPS) is 32.8. The Hall–Kier alpha value is -1.84. The number of carbonyl (C=O) groups excluding carboxylic acids is 1. The van der Waals surface area contributed by atoms with Gasteiger partial charge in [0, 0.05) is 18.2 Å². The van der Waals surface area contributed by atoms with E-state index in [9.17, 15) is 9.59 Å². The van der Waals surface area contributed by atoms with Gasteiger partial charge in [-0.25, -0.2) is 4.79 Å². The van der Waals surface area contributed by atoms with E-state index in [2.05, 4.69) is 0 Å². The molecule has 1 aromatic carbocycles. The molecular weight excluding hydrogens is 278 g/mol. The Morgan fingerprint density at radius 3 is 2.27 bits per heavy atom. The quantitative estimate of drug-likeness (QED) is 0.913. The zero-order valence-corrected chi connectivity index (χ0v) is 12.6. The lowest BCUT2D eigenvalue weighted by Gasteiger charge is -2.39. The van der Waals surface area contributed by atoms with E-state index in [0.717, 1.165) is 31.2 Å². The van der Waals surface area contributed by atoms with Gasteiger partial charge in [-0.05, 0) is 68.1 Å². The van der Waals surface area contributed by atoms with E-state index in [4.69, 9.17) is 5.11 Å². The third-order valence-corrected chi connectivity index (χ3v) is 5.72. The topological polar surface area (TPSA) is 57.6 Å². The van der Waals surface area contributed by atoms with Gasteiger partial charge in [-0.1, -0.05) is 6.07 Å². The van der Waals surface area contributed by atoms with E-state index >= 15 is 0 Å². The Bertz CT molecular complexity index is 613. The van der Waals surface area contributed by atoms with Crippen molar-refractivity contribution in [2.45, 2.75) is 38.1 Å². The molecule has 1 N–H and O–H groups in total. The summed E-state index contributed by atoms with van der Waals surface area (Å²) in [6, 6.07) is 6.81. The summed E-state index contributed by atoms with van der Waals surface area (Å²) in [6.45, 7) is 0.855. The van der Waals surface area contributed by atoms with E-state index in [0.29, 0.717) is 17.5 Å². The van der Waals surface area contributed by atoms with Gasteiger partial charge in [0.15, 0.2) is 0 Å². The fourth-order valence-electron chi connectivity index (χ4n) is 4.98. The maximum Gasteiger partial charge on any atom is 0.335 e. The van der Waals surface area contributed by atoms with E-state index in [-0.39, 0.29) is 11.5 Å². The molecule has 2 saturated heterocycles. The van der Waals surface area contributed by atoms with Crippen molar-refractivity contribution in [2.75, 3.05) is 6.54 Å². The number of rotatable bonds is 2. The van der Waals surface area contributed by atoms with Gasteiger partial charge in [-0.2, -0.15) is 0 Å². The molecule has 2 heterocycles. The smallest absolute Gasteiger partial charge is 0.335 e. The molecule has 0 radical (unpaired) electrons. The molecule has 4 nitrogen and oxygen atoms in total. The molecule has 22 heavy (non-hydrogen) atoms. The van der Waals surface area contributed by atoms with Crippen molar-refractivity contribution in [1.29, 1.82) is 0 Å². The lowest BCUT2D eigenvalue weighted by Crippen LogP contribution is -2.42. The van der Waals surface area contributed by atoms with Crippen molar-refractivity contribution in [2.24, 2.45) is 17.8 Å². The molecule has 2 aliphatic heterocycles. The average Bonchev–Trinajstić information content (AvgIpc) is 2.70. The first-order chi connectivity index (χ1) is 10.6. The monoisotopic (exact) mass is 299 g/mol. The maximum absolute atomic E-state index is 12.9. The van der Waals surface area contributed by atoms with E-state index in [1.165, 1.54) is 31.4 Å². The van der Waals surface area contributed by atoms with Crippen molar-refractivity contribution in [3.8, 4) is 0 Å². The number of carbonyl (C=O) groups is 2. The van der Waals surface area contributed by atoms with Crippen molar-refractivity contribution in [3.05, 3.63) is 35.4 Å². The van der Waals surface area contributed by atoms with Crippen LogP contribution in [0.3, 0.4) is 0 Å². The number of carboxylic acids is 1. The molecule has 116 valence electrons. The van der Waals surface area contributed by atoms with Gasteiger partial charge in [0.25, 0.3) is 5.91 Å². The number of hydrogen-bond acceptors (Lipinski definition) is 2. The fourth-order valence-corrected chi connectivity index (χ4v) is 4.98. The molecular formula is C18H21NO3. The summed E-state index contributed by atoms with van der Waals surface area (Å²) in [4.78, 5) is 26.1. The summed E-state index contributed by atoms with van der Waals surface area (Å²) in [5.74, 6) is 1.27. The highest BCUT2D eigenvalue weighted by Gasteiger charge is 2.44. The van der Waals surface area contributed by atoms with Crippen LogP contribution in [0.25, 0.3) is 0 Å². The summed E-state index contributed by atoms with van der Waals surface area (Å²) in [6.07, 6.45) is 6.16. The Kier molecular flexibility index (Phi) is 3.21. The van der Waals surface area contributed by atoms with Crippen LogP contribution in [0.15, 0.2) is 24.3 Å². The number of amides is 1. The molecule has 0 aromatic heterocycles. The largest absolute Gasteiger partial charge is 0.478 e. The molecule has 4 heteroatoms. The Morgan fingerprint density at radius 1 is 0.955 bits per heavy atom. The number of carboxylic acid groups (broad SMARTS) is 1. The molecule has 1 aromatic rings. The number of benzene rings is 1. The number of fused-ring (bicyclic) bond motifs is 1. The molecule has 4 fully saturated rings. The van der Waals surface area contributed by atoms with Gasteiger partial charge < -0.3 is 10.0 Å². The van der Waals surface area contributed by atoms with Crippen LogP contribution in [-0.2, 0) is 0 Å². The Labute approximate surface area is 130 Å². The second kappa shape index (κ2) is 5.11. The maximum atomic E-state index is 12.9. The molecule has 4 bridgehead atoms. The number of hydrogen-bond donors (Lipinski definition) is 1. The first kappa shape index (κ1) is 13.8. The summed E-state index contributed by atoms with van der Waals surface area (Å²) in [7, 11) is 0. The van der Waals surface area contributed by atoms with Crippen LogP contribution in [0.5, 0.6) is 0 Å². The minimum atomic E-state index is -0.981. The lowest BCUT2D eigenvalue weighted by molar-refractivity contribution is 0.0632. The highest BCUT2D eigenvalue weighted by molar-refractivity contribution is 5.97. The van der Waals surface area contributed by atoms with Crippen molar-refractivity contribution < 1.29 is 14.7 Å².